The number of methoxy groups -OCH3 is 1. The quantitative estimate of drug-likeness (QED) is 0.810. The first-order valence-electron chi connectivity index (χ1n) is 7.87. The van der Waals surface area contributed by atoms with Gasteiger partial charge in [0.15, 0.2) is 0 Å². The molecule has 0 saturated carbocycles. The van der Waals surface area contributed by atoms with Crippen molar-refractivity contribution in [1.82, 2.24) is 14.7 Å². The highest BCUT2D eigenvalue weighted by molar-refractivity contribution is 7.89. The molecule has 1 aliphatic heterocycles. The van der Waals surface area contributed by atoms with Crippen molar-refractivity contribution >= 4 is 15.8 Å². The summed E-state index contributed by atoms with van der Waals surface area (Å²) in [5.74, 6) is 1.79. The van der Waals surface area contributed by atoms with Gasteiger partial charge in [0.05, 0.1) is 31.8 Å². The Bertz CT molecular complexity index is 805. The summed E-state index contributed by atoms with van der Waals surface area (Å²) in [6, 6.07) is 8.00. The van der Waals surface area contributed by atoms with Crippen LogP contribution in [0.5, 0.6) is 5.75 Å². The molecule has 25 heavy (non-hydrogen) atoms. The summed E-state index contributed by atoms with van der Waals surface area (Å²) in [6.45, 7) is 2.85. The predicted molar refractivity (Wildman–Crippen MR) is 92.1 cm³/mol. The first-order valence-corrected chi connectivity index (χ1v) is 9.35. The molecule has 1 fully saturated rings. The Morgan fingerprint density at radius 2 is 1.92 bits per heavy atom. The van der Waals surface area contributed by atoms with Crippen molar-refractivity contribution in [2.75, 3.05) is 38.3 Å². The third-order valence-electron chi connectivity index (χ3n) is 3.82. The average molecular weight is 364 g/mol. The molecule has 1 aromatic heterocycles. The Kier molecular flexibility index (Phi) is 5.47. The summed E-state index contributed by atoms with van der Waals surface area (Å²) in [6.07, 6.45) is 1.63. The Hall–Kier alpha value is -2.23. The normalized spacial score (nSPS) is 15.2. The summed E-state index contributed by atoms with van der Waals surface area (Å²) < 4.78 is 37.6. The molecule has 1 N–H and O–H groups in total. The van der Waals surface area contributed by atoms with E-state index in [4.69, 9.17) is 9.47 Å². The van der Waals surface area contributed by atoms with E-state index in [0.717, 1.165) is 18.9 Å². The van der Waals surface area contributed by atoms with Gasteiger partial charge in [0.2, 0.25) is 10.0 Å². The number of hydrogen-bond donors (Lipinski definition) is 1. The van der Waals surface area contributed by atoms with Gasteiger partial charge < -0.3 is 14.4 Å². The second kappa shape index (κ2) is 7.77. The zero-order valence-electron chi connectivity index (χ0n) is 13.9. The lowest BCUT2D eigenvalue weighted by Gasteiger charge is -2.27. The van der Waals surface area contributed by atoms with E-state index in [2.05, 4.69) is 19.6 Å². The van der Waals surface area contributed by atoms with E-state index in [0.29, 0.717) is 24.8 Å². The fourth-order valence-corrected chi connectivity index (χ4v) is 3.42. The van der Waals surface area contributed by atoms with Crippen LogP contribution >= 0.6 is 0 Å². The van der Waals surface area contributed by atoms with E-state index in [-0.39, 0.29) is 11.4 Å². The number of nitrogens with zero attached hydrogens (tertiary/aromatic N) is 3. The maximum Gasteiger partial charge on any atom is 0.240 e. The van der Waals surface area contributed by atoms with Gasteiger partial charge in [0, 0.05) is 19.3 Å². The van der Waals surface area contributed by atoms with Gasteiger partial charge in [-0.2, -0.15) is 0 Å². The molecule has 1 aliphatic rings. The van der Waals surface area contributed by atoms with Gasteiger partial charge in [0.25, 0.3) is 0 Å². The van der Waals surface area contributed by atoms with Crippen LogP contribution < -0.4 is 14.4 Å². The summed E-state index contributed by atoms with van der Waals surface area (Å²) >= 11 is 0. The highest BCUT2D eigenvalue weighted by atomic mass is 32.2. The molecule has 0 radical (unpaired) electrons. The highest BCUT2D eigenvalue weighted by Crippen LogP contribution is 2.16. The van der Waals surface area contributed by atoms with Gasteiger partial charge >= 0.3 is 0 Å². The number of hydrogen-bond acceptors (Lipinski definition) is 7. The average Bonchev–Trinajstić information content (AvgIpc) is 2.67. The Balaban J connectivity index is 1.67. The van der Waals surface area contributed by atoms with Gasteiger partial charge in [-0.15, -0.1) is 0 Å². The number of benzene rings is 1. The lowest BCUT2D eigenvalue weighted by Crippen LogP contribution is -2.37. The minimum atomic E-state index is -3.64. The second-order valence-corrected chi connectivity index (χ2v) is 7.20. The topological polar surface area (TPSA) is 93.7 Å². The monoisotopic (exact) mass is 364 g/mol. The van der Waals surface area contributed by atoms with Gasteiger partial charge in [-0.3, -0.25) is 0 Å². The van der Waals surface area contributed by atoms with E-state index in [9.17, 15) is 8.42 Å². The third-order valence-corrected chi connectivity index (χ3v) is 5.23. The Labute approximate surface area is 146 Å². The van der Waals surface area contributed by atoms with E-state index in [1.165, 1.54) is 19.2 Å². The first-order chi connectivity index (χ1) is 12.1. The van der Waals surface area contributed by atoms with Crippen LogP contribution in [0.2, 0.25) is 0 Å². The largest absolute Gasteiger partial charge is 0.497 e. The van der Waals surface area contributed by atoms with E-state index in [1.807, 2.05) is 6.07 Å². The van der Waals surface area contributed by atoms with Crippen molar-refractivity contribution in [2.24, 2.45) is 0 Å². The van der Waals surface area contributed by atoms with Gasteiger partial charge in [-0.05, 0) is 30.3 Å². The molecule has 8 nitrogen and oxygen atoms in total. The highest BCUT2D eigenvalue weighted by Gasteiger charge is 2.16. The van der Waals surface area contributed by atoms with E-state index < -0.39 is 10.0 Å². The fraction of sp³-hybridized carbons (Fsp3) is 0.375. The number of sulfonamides is 1. The number of anilines is 1. The lowest BCUT2D eigenvalue weighted by molar-refractivity contribution is 0.122. The Morgan fingerprint density at radius 3 is 2.60 bits per heavy atom. The van der Waals surface area contributed by atoms with Crippen LogP contribution in [0.4, 0.5) is 5.82 Å². The van der Waals surface area contributed by atoms with Crippen molar-refractivity contribution in [3.8, 4) is 5.75 Å². The number of morpholine rings is 1. The zero-order valence-corrected chi connectivity index (χ0v) is 14.7. The molecule has 0 unspecified atom stereocenters. The van der Waals surface area contributed by atoms with Gasteiger partial charge in [-0.1, -0.05) is 0 Å². The molecule has 3 rings (SSSR count). The number of ether oxygens (including phenoxy) is 2. The Morgan fingerprint density at radius 1 is 1.20 bits per heavy atom. The first kappa shape index (κ1) is 17.6. The SMILES string of the molecule is COc1ccc(S(=O)(=O)NCc2nccc(N3CCOCC3)n2)cc1. The lowest BCUT2D eigenvalue weighted by atomic mass is 10.3. The van der Waals surface area contributed by atoms with Gasteiger partial charge in [0.1, 0.15) is 17.4 Å². The molecule has 2 aromatic rings. The molecule has 0 bridgehead atoms. The summed E-state index contributed by atoms with van der Waals surface area (Å²) in [7, 11) is -2.11. The number of rotatable bonds is 6. The maximum atomic E-state index is 12.4. The van der Waals surface area contributed by atoms with Crippen LogP contribution in [0.1, 0.15) is 5.82 Å². The maximum absolute atomic E-state index is 12.4. The molecule has 0 aliphatic carbocycles. The van der Waals surface area contributed by atoms with Crippen molar-refractivity contribution in [2.45, 2.75) is 11.4 Å². The standard InChI is InChI=1S/C16H20N4O4S/c1-23-13-2-4-14(5-3-13)25(21,22)18-12-15-17-7-6-16(19-15)20-8-10-24-11-9-20/h2-7,18H,8-12H2,1H3. The molecule has 0 atom stereocenters. The second-order valence-electron chi connectivity index (χ2n) is 5.43. The number of nitrogens with one attached hydrogen (secondary N) is 1. The molecule has 0 amide bonds. The molecular formula is C16H20N4O4S. The molecule has 2 heterocycles. The van der Waals surface area contributed by atoms with Crippen LogP contribution in [-0.4, -0.2) is 51.8 Å². The molecular weight excluding hydrogens is 344 g/mol. The van der Waals surface area contributed by atoms with E-state index in [1.54, 1.807) is 18.3 Å². The van der Waals surface area contributed by atoms with Crippen LogP contribution in [0.3, 0.4) is 0 Å². The summed E-state index contributed by atoms with van der Waals surface area (Å²) in [4.78, 5) is 10.8. The zero-order chi connectivity index (χ0) is 17.7. The summed E-state index contributed by atoms with van der Waals surface area (Å²) in [5.41, 5.74) is 0. The molecule has 134 valence electrons. The van der Waals surface area contributed by atoms with Crippen LogP contribution in [0.25, 0.3) is 0 Å². The fourth-order valence-electron chi connectivity index (χ4n) is 2.44. The third kappa shape index (κ3) is 4.44. The minimum Gasteiger partial charge on any atom is -0.497 e. The molecule has 0 spiro atoms. The van der Waals surface area contributed by atoms with Crippen molar-refractivity contribution in [3.05, 3.63) is 42.4 Å². The predicted octanol–water partition coefficient (Wildman–Crippen LogP) is 0.800. The number of aromatic nitrogens is 2. The van der Waals surface area contributed by atoms with Crippen LogP contribution in [-0.2, 0) is 21.3 Å². The van der Waals surface area contributed by atoms with Crippen molar-refractivity contribution in [1.29, 1.82) is 0 Å². The minimum absolute atomic E-state index is 0.0204. The van der Waals surface area contributed by atoms with Crippen molar-refractivity contribution < 1.29 is 17.9 Å². The summed E-state index contributed by atoms with van der Waals surface area (Å²) in [5, 5.41) is 0. The molecule has 9 heteroatoms. The smallest absolute Gasteiger partial charge is 0.240 e. The van der Waals surface area contributed by atoms with E-state index >= 15 is 0 Å². The van der Waals surface area contributed by atoms with Crippen molar-refractivity contribution in [3.63, 3.8) is 0 Å². The van der Waals surface area contributed by atoms with Crippen LogP contribution in [0.15, 0.2) is 41.4 Å². The molecule has 1 saturated heterocycles. The van der Waals surface area contributed by atoms with Gasteiger partial charge in [-0.25, -0.2) is 23.1 Å². The van der Waals surface area contributed by atoms with Crippen LogP contribution in [0, 0.1) is 0 Å². The molecule has 1 aromatic carbocycles.